The molecule has 7 heteroatoms. The predicted molar refractivity (Wildman–Crippen MR) is 111 cm³/mol. The largest absolute Gasteiger partial charge is 0.497 e. The maximum absolute atomic E-state index is 12.7. The number of hydrogen-bond donors (Lipinski definition) is 1. The van der Waals surface area contributed by atoms with Crippen LogP contribution in [-0.4, -0.2) is 43.0 Å². The van der Waals surface area contributed by atoms with Gasteiger partial charge in [0, 0.05) is 30.3 Å². The topological polar surface area (TPSA) is 84.7 Å². The SMILES string of the molecule is COc1ccc(C2C(CNC(=O)c3ccc([N+](=O)[O-])cc3C)CCCN2C)cc1. The zero-order chi connectivity index (χ0) is 21.0. The van der Waals surface area contributed by atoms with Crippen molar-refractivity contribution in [2.75, 3.05) is 27.2 Å². The number of rotatable bonds is 6. The lowest BCUT2D eigenvalue weighted by Crippen LogP contribution is -2.41. The second-order valence-corrected chi connectivity index (χ2v) is 7.57. The van der Waals surface area contributed by atoms with Crippen LogP contribution in [0.25, 0.3) is 0 Å². The number of nitrogens with zero attached hydrogens (tertiary/aromatic N) is 2. The minimum atomic E-state index is -0.452. The molecule has 0 bridgehead atoms. The summed E-state index contributed by atoms with van der Waals surface area (Å²) in [6, 6.07) is 12.6. The van der Waals surface area contributed by atoms with Crippen LogP contribution in [0.1, 0.15) is 40.4 Å². The summed E-state index contributed by atoms with van der Waals surface area (Å²) in [7, 11) is 3.77. The molecule has 1 heterocycles. The van der Waals surface area contributed by atoms with Crippen molar-refractivity contribution in [3.8, 4) is 5.75 Å². The number of hydrogen-bond acceptors (Lipinski definition) is 5. The average molecular weight is 397 g/mol. The first-order chi connectivity index (χ1) is 13.9. The Bertz CT molecular complexity index is 882. The summed E-state index contributed by atoms with van der Waals surface area (Å²) in [5.41, 5.74) is 2.27. The number of likely N-dealkylation sites (tertiary alicyclic amines) is 1. The lowest BCUT2D eigenvalue weighted by Gasteiger charge is -2.39. The van der Waals surface area contributed by atoms with E-state index in [2.05, 4.69) is 29.4 Å². The Morgan fingerprint density at radius 2 is 2.00 bits per heavy atom. The Kier molecular flexibility index (Phi) is 6.49. The summed E-state index contributed by atoms with van der Waals surface area (Å²) in [4.78, 5) is 25.5. The van der Waals surface area contributed by atoms with E-state index < -0.39 is 4.92 Å². The average Bonchev–Trinajstić information content (AvgIpc) is 2.72. The Balaban J connectivity index is 1.71. The number of nitro groups is 1. The molecule has 1 aliphatic rings. The van der Waals surface area contributed by atoms with Crippen molar-refractivity contribution >= 4 is 11.6 Å². The molecule has 154 valence electrons. The molecule has 0 aliphatic carbocycles. The zero-order valence-corrected chi connectivity index (χ0v) is 17.1. The number of aryl methyl sites for hydroxylation is 1. The van der Waals surface area contributed by atoms with Gasteiger partial charge in [-0.05, 0) is 68.6 Å². The number of methoxy groups -OCH3 is 1. The van der Waals surface area contributed by atoms with Crippen LogP contribution in [-0.2, 0) is 0 Å². The fourth-order valence-corrected chi connectivity index (χ4v) is 4.14. The highest BCUT2D eigenvalue weighted by atomic mass is 16.6. The van der Waals surface area contributed by atoms with Gasteiger partial charge in [0.2, 0.25) is 0 Å². The van der Waals surface area contributed by atoms with E-state index in [1.165, 1.54) is 23.8 Å². The van der Waals surface area contributed by atoms with Crippen molar-refractivity contribution in [2.24, 2.45) is 5.92 Å². The molecule has 1 aliphatic heterocycles. The summed E-state index contributed by atoms with van der Waals surface area (Å²) in [6.07, 6.45) is 2.11. The maximum Gasteiger partial charge on any atom is 0.269 e. The van der Waals surface area contributed by atoms with Gasteiger partial charge in [-0.1, -0.05) is 12.1 Å². The maximum atomic E-state index is 12.7. The second kappa shape index (κ2) is 9.05. The van der Waals surface area contributed by atoms with Crippen molar-refractivity contribution in [3.05, 3.63) is 69.3 Å². The van der Waals surface area contributed by atoms with Crippen LogP contribution in [0.15, 0.2) is 42.5 Å². The Hall–Kier alpha value is -2.93. The number of nitro benzene ring substituents is 1. The van der Waals surface area contributed by atoms with Crippen molar-refractivity contribution in [1.82, 2.24) is 10.2 Å². The Labute approximate surface area is 170 Å². The molecule has 1 amide bonds. The molecular weight excluding hydrogens is 370 g/mol. The van der Waals surface area contributed by atoms with Gasteiger partial charge in [-0.3, -0.25) is 19.8 Å². The molecule has 1 saturated heterocycles. The molecule has 3 rings (SSSR count). The monoisotopic (exact) mass is 397 g/mol. The summed E-state index contributed by atoms with van der Waals surface area (Å²) in [5, 5.41) is 13.9. The molecule has 0 radical (unpaired) electrons. The quantitative estimate of drug-likeness (QED) is 0.593. The van der Waals surface area contributed by atoms with Crippen molar-refractivity contribution in [1.29, 1.82) is 0 Å². The lowest BCUT2D eigenvalue weighted by molar-refractivity contribution is -0.384. The fraction of sp³-hybridized carbons (Fsp3) is 0.409. The van der Waals surface area contributed by atoms with Gasteiger partial charge >= 0.3 is 0 Å². The van der Waals surface area contributed by atoms with E-state index in [0.717, 1.165) is 25.1 Å². The minimum absolute atomic E-state index is 0.00692. The molecule has 2 atom stereocenters. The number of carbonyl (C=O) groups excluding carboxylic acids is 1. The van der Waals surface area contributed by atoms with E-state index in [4.69, 9.17) is 4.74 Å². The second-order valence-electron chi connectivity index (χ2n) is 7.57. The first-order valence-electron chi connectivity index (χ1n) is 9.78. The molecule has 0 spiro atoms. The van der Waals surface area contributed by atoms with Crippen LogP contribution in [0.2, 0.25) is 0 Å². The number of nitrogens with one attached hydrogen (secondary N) is 1. The molecule has 2 unspecified atom stereocenters. The standard InChI is InChI=1S/C22H27N3O4/c1-15-13-18(25(27)28)8-11-20(15)22(26)23-14-17-5-4-12-24(2)21(17)16-6-9-19(29-3)10-7-16/h6-11,13,17,21H,4-5,12,14H2,1-3H3,(H,23,26). The molecule has 2 aromatic rings. The first kappa shape index (κ1) is 20.8. The third-order valence-corrected chi connectivity index (χ3v) is 5.65. The highest BCUT2D eigenvalue weighted by Crippen LogP contribution is 2.35. The predicted octanol–water partition coefficient (Wildman–Crippen LogP) is 3.72. The van der Waals surface area contributed by atoms with E-state index in [-0.39, 0.29) is 23.6 Å². The van der Waals surface area contributed by atoms with Gasteiger partial charge in [0.05, 0.1) is 12.0 Å². The van der Waals surface area contributed by atoms with E-state index in [0.29, 0.717) is 17.7 Å². The first-order valence-corrected chi connectivity index (χ1v) is 9.78. The summed E-state index contributed by atoms with van der Waals surface area (Å²) in [5.74, 6) is 0.911. The highest BCUT2D eigenvalue weighted by Gasteiger charge is 2.31. The van der Waals surface area contributed by atoms with Gasteiger partial charge in [-0.25, -0.2) is 0 Å². The fourth-order valence-electron chi connectivity index (χ4n) is 4.14. The van der Waals surface area contributed by atoms with E-state index in [1.807, 2.05) is 12.1 Å². The van der Waals surface area contributed by atoms with Gasteiger partial charge in [-0.15, -0.1) is 0 Å². The molecule has 0 aromatic heterocycles. The van der Waals surface area contributed by atoms with E-state index >= 15 is 0 Å². The third kappa shape index (κ3) is 4.74. The van der Waals surface area contributed by atoms with Gasteiger partial charge < -0.3 is 10.1 Å². The minimum Gasteiger partial charge on any atom is -0.497 e. The van der Waals surface area contributed by atoms with Crippen molar-refractivity contribution in [2.45, 2.75) is 25.8 Å². The van der Waals surface area contributed by atoms with E-state index in [1.54, 1.807) is 14.0 Å². The number of piperidine rings is 1. The molecular formula is C22H27N3O4. The van der Waals surface area contributed by atoms with Crippen LogP contribution in [0.5, 0.6) is 5.75 Å². The number of ether oxygens (including phenoxy) is 1. The number of amides is 1. The summed E-state index contributed by atoms with van der Waals surface area (Å²) < 4.78 is 5.26. The van der Waals surface area contributed by atoms with Crippen LogP contribution >= 0.6 is 0 Å². The van der Waals surface area contributed by atoms with Crippen LogP contribution in [0, 0.1) is 23.0 Å². The van der Waals surface area contributed by atoms with Gasteiger partial charge in [0.15, 0.2) is 0 Å². The number of benzene rings is 2. The molecule has 1 N–H and O–H groups in total. The third-order valence-electron chi connectivity index (χ3n) is 5.65. The van der Waals surface area contributed by atoms with Gasteiger partial charge in [-0.2, -0.15) is 0 Å². The Morgan fingerprint density at radius 3 is 2.62 bits per heavy atom. The lowest BCUT2D eigenvalue weighted by atomic mass is 9.84. The highest BCUT2D eigenvalue weighted by molar-refractivity contribution is 5.95. The molecule has 0 saturated carbocycles. The Morgan fingerprint density at radius 1 is 1.28 bits per heavy atom. The number of carbonyl (C=O) groups is 1. The van der Waals surface area contributed by atoms with E-state index in [9.17, 15) is 14.9 Å². The zero-order valence-electron chi connectivity index (χ0n) is 17.1. The molecule has 1 fully saturated rings. The van der Waals surface area contributed by atoms with Crippen LogP contribution in [0.3, 0.4) is 0 Å². The smallest absolute Gasteiger partial charge is 0.269 e. The molecule has 7 nitrogen and oxygen atoms in total. The van der Waals surface area contributed by atoms with Gasteiger partial charge in [0.1, 0.15) is 5.75 Å². The number of non-ortho nitro benzene ring substituents is 1. The molecule has 29 heavy (non-hydrogen) atoms. The van der Waals surface area contributed by atoms with Crippen molar-refractivity contribution < 1.29 is 14.5 Å². The molecule has 2 aromatic carbocycles. The summed E-state index contributed by atoms with van der Waals surface area (Å²) in [6.45, 7) is 3.29. The summed E-state index contributed by atoms with van der Waals surface area (Å²) >= 11 is 0. The van der Waals surface area contributed by atoms with Crippen molar-refractivity contribution in [3.63, 3.8) is 0 Å². The van der Waals surface area contributed by atoms with Crippen LogP contribution < -0.4 is 10.1 Å². The van der Waals surface area contributed by atoms with Crippen LogP contribution in [0.4, 0.5) is 5.69 Å². The van der Waals surface area contributed by atoms with Gasteiger partial charge in [0.25, 0.3) is 11.6 Å². The normalized spacial score (nSPS) is 19.6.